The third-order valence-corrected chi connectivity index (χ3v) is 5.85. The molecule has 5 aromatic rings. The molecular formula is C25H25N7O. The number of rotatable bonds is 6. The fourth-order valence-electron chi connectivity index (χ4n) is 4.04. The maximum absolute atomic E-state index is 12.4. The Morgan fingerprint density at radius 3 is 2.64 bits per heavy atom. The van der Waals surface area contributed by atoms with Crippen molar-refractivity contribution < 1.29 is 4.79 Å². The lowest BCUT2D eigenvalue weighted by molar-refractivity contribution is -0.122. The lowest BCUT2D eigenvalue weighted by Crippen LogP contribution is -2.33. The van der Waals surface area contributed by atoms with Gasteiger partial charge in [-0.2, -0.15) is 0 Å². The molecule has 0 saturated heterocycles. The van der Waals surface area contributed by atoms with Crippen LogP contribution in [0.15, 0.2) is 67.0 Å². The van der Waals surface area contributed by atoms with E-state index in [2.05, 4.69) is 31.7 Å². The van der Waals surface area contributed by atoms with Gasteiger partial charge in [-0.15, -0.1) is 0 Å². The number of aromatic amines is 1. The van der Waals surface area contributed by atoms with E-state index < -0.39 is 6.04 Å². The van der Waals surface area contributed by atoms with Crippen LogP contribution in [0.3, 0.4) is 0 Å². The van der Waals surface area contributed by atoms with E-state index in [1.807, 2.05) is 73.3 Å². The number of anilines is 1. The summed E-state index contributed by atoms with van der Waals surface area (Å²) in [6, 6.07) is 18.8. The summed E-state index contributed by atoms with van der Waals surface area (Å²) in [5, 5.41) is 7.06. The Kier molecular flexibility index (Phi) is 5.27. The summed E-state index contributed by atoms with van der Waals surface area (Å²) in [6.45, 7) is 0.412. The van der Waals surface area contributed by atoms with E-state index in [1.54, 1.807) is 6.33 Å². The minimum Gasteiger partial charge on any atom is -0.371 e. The Hall–Kier alpha value is -4.17. The van der Waals surface area contributed by atoms with Crippen LogP contribution < -0.4 is 16.4 Å². The van der Waals surface area contributed by atoms with Crippen molar-refractivity contribution in [3.63, 3.8) is 0 Å². The van der Waals surface area contributed by atoms with Crippen LogP contribution in [0.4, 0.5) is 5.82 Å². The minimum absolute atomic E-state index is 0.201. The Labute approximate surface area is 190 Å². The number of aryl methyl sites for hydroxylation is 1. The molecule has 5 rings (SSSR count). The zero-order valence-electron chi connectivity index (χ0n) is 18.5. The van der Waals surface area contributed by atoms with Gasteiger partial charge in [0, 0.05) is 31.7 Å². The first kappa shape index (κ1) is 20.7. The first-order valence-electron chi connectivity index (χ1n) is 10.7. The molecule has 0 unspecified atom stereocenters. The zero-order chi connectivity index (χ0) is 22.9. The monoisotopic (exact) mass is 439 g/mol. The van der Waals surface area contributed by atoms with Crippen molar-refractivity contribution in [1.29, 1.82) is 0 Å². The number of pyridine rings is 1. The average molecular weight is 440 g/mol. The normalized spacial score (nSPS) is 12.2. The largest absolute Gasteiger partial charge is 0.371 e. The lowest BCUT2D eigenvalue weighted by Gasteiger charge is -2.12. The molecule has 5 N–H and O–H groups in total. The van der Waals surface area contributed by atoms with Gasteiger partial charge in [0.15, 0.2) is 5.82 Å². The SMILES string of the molecule is CNc1nc2[nH]c(-c3ccc(CNC(=O)[C@@H](N)c4ccccc4)cc3)cc2c2c1ncn2C. The quantitative estimate of drug-likeness (QED) is 0.324. The molecular weight excluding hydrogens is 414 g/mol. The number of hydrogen-bond acceptors (Lipinski definition) is 5. The second-order valence-corrected chi connectivity index (χ2v) is 8.01. The molecule has 0 bridgehead atoms. The summed E-state index contributed by atoms with van der Waals surface area (Å²) in [6.07, 6.45) is 1.80. The number of carbonyl (C=O) groups excluding carboxylic acids is 1. The predicted octanol–water partition coefficient (Wildman–Crippen LogP) is 3.47. The lowest BCUT2D eigenvalue weighted by atomic mass is 10.1. The zero-order valence-corrected chi connectivity index (χ0v) is 18.5. The minimum atomic E-state index is -0.685. The number of nitrogens with two attached hydrogens (primary N) is 1. The second kappa shape index (κ2) is 8.40. The second-order valence-electron chi connectivity index (χ2n) is 8.01. The van der Waals surface area contributed by atoms with Gasteiger partial charge in [0.1, 0.15) is 17.2 Å². The van der Waals surface area contributed by atoms with Gasteiger partial charge in [-0.1, -0.05) is 54.6 Å². The van der Waals surface area contributed by atoms with Crippen molar-refractivity contribution in [3.05, 3.63) is 78.1 Å². The van der Waals surface area contributed by atoms with E-state index in [0.717, 1.165) is 50.3 Å². The molecule has 8 nitrogen and oxygen atoms in total. The number of nitrogens with zero attached hydrogens (tertiary/aromatic N) is 3. The molecule has 1 atom stereocenters. The summed E-state index contributed by atoms with van der Waals surface area (Å²) in [5.74, 6) is 0.541. The third kappa shape index (κ3) is 3.81. The van der Waals surface area contributed by atoms with Crippen LogP contribution in [0.25, 0.3) is 33.3 Å². The maximum atomic E-state index is 12.4. The molecule has 0 aliphatic rings. The highest BCUT2D eigenvalue weighted by Crippen LogP contribution is 2.31. The van der Waals surface area contributed by atoms with E-state index in [-0.39, 0.29) is 5.91 Å². The number of aromatic nitrogens is 4. The number of nitrogens with one attached hydrogen (secondary N) is 3. The molecule has 0 spiro atoms. The molecule has 0 aliphatic carbocycles. The number of hydrogen-bond donors (Lipinski definition) is 4. The summed E-state index contributed by atoms with van der Waals surface area (Å²) in [5.41, 5.74) is 12.5. The molecule has 3 aromatic heterocycles. The predicted molar refractivity (Wildman–Crippen MR) is 131 cm³/mol. The van der Waals surface area contributed by atoms with Crippen molar-refractivity contribution >= 4 is 33.8 Å². The summed E-state index contributed by atoms with van der Waals surface area (Å²) < 4.78 is 2.00. The highest BCUT2D eigenvalue weighted by atomic mass is 16.2. The van der Waals surface area contributed by atoms with Crippen molar-refractivity contribution in [2.45, 2.75) is 12.6 Å². The fourth-order valence-corrected chi connectivity index (χ4v) is 4.04. The molecule has 0 saturated carbocycles. The summed E-state index contributed by atoms with van der Waals surface area (Å²) in [7, 11) is 3.82. The first-order chi connectivity index (χ1) is 16.0. The average Bonchev–Trinajstić information content (AvgIpc) is 3.46. The van der Waals surface area contributed by atoms with E-state index in [0.29, 0.717) is 6.54 Å². The van der Waals surface area contributed by atoms with Gasteiger partial charge in [-0.25, -0.2) is 9.97 Å². The number of H-pyrrole nitrogens is 1. The Morgan fingerprint density at radius 2 is 1.91 bits per heavy atom. The molecule has 3 heterocycles. The maximum Gasteiger partial charge on any atom is 0.241 e. The smallest absolute Gasteiger partial charge is 0.241 e. The molecule has 0 fully saturated rings. The van der Waals surface area contributed by atoms with Gasteiger partial charge in [-0.05, 0) is 22.8 Å². The summed E-state index contributed by atoms with van der Waals surface area (Å²) in [4.78, 5) is 25.0. The van der Waals surface area contributed by atoms with E-state index in [1.165, 1.54) is 0 Å². The van der Waals surface area contributed by atoms with Gasteiger partial charge in [0.05, 0.1) is 11.8 Å². The molecule has 8 heteroatoms. The van der Waals surface area contributed by atoms with Gasteiger partial charge in [0.25, 0.3) is 0 Å². The number of amides is 1. The van der Waals surface area contributed by atoms with Crippen LogP contribution in [0.2, 0.25) is 0 Å². The van der Waals surface area contributed by atoms with Crippen molar-refractivity contribution in [2.24, 2.45) is 12.8 Å². The summed E-state index contributed by atoms with van der Waals surface area (Å²) >= 11 is 0. The van der Waals surface area contributed by atoms with Crippen molar-refractivity contribution in [1.82, 2.24) is 24.8 Å². The van der Waals surface area contributed by atoms with Crippen LogP contribution in [0.5, 0.6) is 0 Å². The van der Waals surface area contributed by atoms with E-state index >= 15 is 0 Å². The van der Waals surface area contributed by atoms with E-state index in [4.69, 9.17) is 5.73 Å². The Balaban J connectivity index is 1.35. The number of imidazole rings is 1. The van der Waals surface area contributed by atoms with Gasteiger partial charge in [0.2, 0.25) is 5.91 Å². The highest BCUT2D eigenvalue weighted by molar-refractivity contribution is 6.07. The Morgan fingerprint density at radius 1 is 1.15 bits per heavy atom. The molecule has 0 radical (unpaired) electrons. The molecule has 1 amide bonds. The highest BCUT2D eigenvalue weighted by Gasteiger charge is 2.16. The van der Waals surface area contributed by atoms with Crippen LogP contribution in [-0.4, -0.2) is 32.5 Å². The van der Waals surface area contributed by atoms with Gasteiger partial charge in [-0.3, -0.25) is 4.79 Å². The standard InChI is InChI=1S/C25H25N7O/c1-27-24-21-22(32(2)14-29-21)18-12-19(30-23(18)31-24)16-10-8-15(9-11-16)13-28-25(33)20(26)17-6-4-3-5-7-17/h3-12,14,20H,13,26H2,1-2H3,(H,28,33)(H2,27,30,31)/t20-/m0/s1. The van der Waals surface area contributed by atoms with Gasteiger partial charge >= 0.3 is 0 Å². The molecule has 166 valence electrons. The molecule has 0 aliphatic heterocycles. The third-order valence-electron chi connectivity index (χ3n) is 5.85. The topological polar surface area (TPSA) is 114 Å². The Bertz CT molecular complexity index is 1430. The van der Waals surface area contributed by atoms with E-state index in [9.17, 15) is 4.79 Å². The van der Waals surface area contributed by atoms with Crippen molar-refractivity contribution in [3.8, 4) is 11.3 Å². The number of fused-ring (bicyclic) bond motifs is 3. The van der Waals surface area contributed by atoms with Crippen LogP contribution in [-0.2, 0) is 18.4 Å². The number of benzene rings is 2. The van der Waals surface area contributed by atoms with Crippen LogP contribution in [0.1, 0.15) is 17.2 Å². The fraction of sp³-hybridized carbons (Fsp3) is 0.160. The van der Waals surface area contributed by atoms with Crippen LogP contribution in [0, 0.1) is 0 Å². The molecule has 2 aromatic carbocycles. The first-order valence-corrected chi connectivity index (χ1v) is 10.7. The van der Waals surface area contributed by atoms with Crippen molar-refractivity contribution in [2.75, 3.05) is 12.4 Å². The van der Waals surface area contributed by atoms with Gasteiger partial charge < -0.3 is 25.9 Å². The molecule has 33 heavy (non-hydrogen) atoms. The van der Waals surface area contributed by atoms with Crippen LogP contribution >= 0.6 is 0 Å². The number of carbonyl (C=O) groups is 1.